The highest BCUT2D eigenvalue weighted by Gasteiger charge is 2.10. The largest absolute Gasteiger partial charge is 0.497 e. The zero-order chi connectivity index (χ0) is 20.5. The van der Waals surface area contributed by atoms with Crippen LogP contribution in [0.4, 0.5) is 5.69 Å². The van der Waals surface area contributed by atoms with Crippen molar-refractivity contribution in [1.29, 1.82) is 0 Å². The molecule has 150 valence electrons. The van der Waals surface area contributed by atoms with E-state index in [4.69, 9.17) is 14.2 Å². The van der Waals surface area contributed by atoms with Crippen LogP contribution in [0.25, 0.3) is 0 Å². The molecule has 3 aromatic rings. The van der Waals surface area contributed by atoms with Gasteiger partial charge in [0.05, 0.1) is 14.2 Å². The van der Waals surface area contributed by atoms with Crippen molar-refractivity contribution in [3.63, 3.8) is 0 Å². The van der Waals surface area contributed by atoms with E-state index >= 15 is 0 Å². The molecular weight excluding hydrogens is 388 g/mol. The van der Waals surface area contributed by atoms with Crippen molar-refractivity contribution < 1.29 is 19.0 Å². The molecule has 0 spiro atoms. The zero-order valence-corrected chi connectivity index (χ0v) is 17.1. The Morgan fingerprint density at radius 2 is 1.55 bits per heavy atom. The topological polar surface area (TPSA) is 69.7 Å². The summed E-state index contributed by atoms with van der Waals surface area (Å²) >= 11 is 1.61. The molecule has 0 atom stereocenters. The van der Waals surface area contributed by atoms with Crippen molar-refractivity contribution >= 4 is 23.4 Å². The minimum absolute atomic E-state index is 0.0985. The standard InChI is InChI=1S/C22H22N2O4S/c1-26-16-5-7-18(8-6-16)28-22-20(4-3-14-23-22)24-21(25)13-15-29-19-11-9-17(27-2)10-12-19/h3-12,14H,13,15H2,1-2H3,(H,24,25). The van der Waals surface area contributed by atoms with Crippen LogP contribution in [-0.4, -0.2) is 30.9 Å². The zero-order valence-electron chi connectivity index (χ0n) is 16.3. The fourth-order valence-electron chi connectivity index (χ4n) is 2.47. The van der Waals surface area contributed by atoms with E-state index in [1.165, 1.54) is 0 Å². The lowest BCUT2D eigenvalue weighted by Crippen LogP contribution is -2.13. The smallest absolute Gasteiger partial charge is 0.243 e. The normalized spacial score (nSPS) is 10.3. The maximum absolute atomic E-state index is 12.3. The third kappa shape index (κ3) is 6.15. The number of anilines is 1. The predicted octanol–water partition coefficient (Wildman–Crippen LogP) is 5.01. The van der Waals surface area contributed by atoms with Crippen LogP contribution in [0.5, 0.6) is 23.1 Å². The Morgan fingerprint density at radius 3 is 2.21 bits per heavy atom. The molecular formula is C22H22N2O4S. The number of hydrogen-bond donors (Lipinski definition) is 1. The number of aromatic nitrogens is 1. The van der Waals surface area contributed by atoms with Crippen LogP contribution in [0.15, 0.2) is 71.8 Å². The second kappa shape index (κ2) is 10.4. The summed E-state index contributed by atoms with van der Waals surface area (Å²) in [5.74, 6) is 3.06. The lowest BCUT2D eigenvalue weighted by atomic mass is 10.3. The van der Waals surface area contributed by atoms with Gasteiger partial charge < -0.3 is 19.5 Å². The first-order chi connectivity index (χ1) is 14.2. The molecule has 29 heavy (non-hydrogen) atoms. The summed E-state index contributed by atoms with van der Waals surface area (Å²) in [5, 5.41) is 2.87. The van der Waals surface area contributed by atoms with Crippen molar-refractivity contribution in [1.82, 2.24) is 4.98 Å². The number of thioether (sulfide) groups is 1. The van der Waals surface area contributed by atoms with E-state index in [0.717, 1.165) is 16.4 Å². The van der Waals surface area contributed by atoms with Gasteiger partial charge in [-0.2, -0.15) is 0 Å². The van der Waals surface area contributed by atoms with Gasteiger partial charge in [-0.1, -0.05) is 0 Å². The number of amides is 1. The van der Waals surface area contributed by atoms with Gasteiger partial charge in [0.25, 0.3) is 0 Å². The van der Waals surface area contributed by atoms with Crippen LogP contribution < -0.4 is 19.5 Å². The summed E-state index contributed by atoms with van der Waals surface area (Å²) in [6.07, 6.45) is 1.99. The minimum atomic E-state index is -0.0985. The predicted molar refractivity (Wildman–Crippen MR) is 114 cm³/mol. The maximum atomic E-state index is 12.3. The first-order valence-corrected chi connectivity index (χ1v) is 10.00. The molecule has 1 aromatic heterocycles. The monoisotopic (exact) mass is 410 g/mol. The summed E-state index contributed by atoms with van der Waals surface area (Å²) in [7, 11) is 3.24. The molecule has 1 amide bonds. The van der Waals surface area contributed by atoms with Gasteiger partial charge >= 0.3 is 0 Å². The van der Waals surface area contributed by atoms with Crippen molar-refractivity contribution in [2.45, 2.75) is 11.3 Å². The van der Waals surface area contributed by atoms with Crippen LogP contribution in [0.2, 0.25) is 0 Å². The van der Waals surface area contributed by atoms with Gasteiger partial charge in [-0.05, 0) is 60.7 Å². The SMILES string of the molecule is COc1ccc(Oc2ncccc2NC(=O)CCSc2ccc(OC)cc2)cc1. The van der Waals surface area contributed by atoms with E-state index in [9.17, 15) is 4.79 Å². The van der Waals surface area contributed by atoms with Crippen LogP contribution >= 0.6 is 11.8 Å². The highest BCUT2D eigenvalue weighted by Crippen LogP contribution is 2.28. The molecule has 6 nitrogen and oxygen atoms in total. The van der Waals surface area contributed by atoms with Crippen molar-refractivity contribution in [3.8, 4) is 23.1 Å². The molecule has 0 fully saturated rings. The van der Waals surface area contributed by atoms with E-state index < -0.39 is 0 Å². The van der Waals surface area contributed by atoms with E-state index in [0.29, 0.717) is 29.5 Å². The molecule has 0 saturated carbocycles. The summed E-state index contributed by atoms with van der Waals surface area (Å²) < 4.78 is 16.1. The van der Waals surface area contributed by atoms with Gasteiger partial charge in [0.1, 0.15) is 22.9 Å². The number of benzene rings is 2. The Morgan fingerprint density at radius 1 is 0.931 bits per heavy atom. The second-order valence-corrected chi connectivity index (χ2v) is 7.12. The number of carbonyl (C=O) groups is 1. The molecule has 0 saturated heterocycles. The van der Waals surface area contributed by atoms with Crippen LogP contribution in [0, 0.1) is 0 Å². The van der Waals surface area contributed by atoms with E-state index in [1.54, 1.807) is 68.6 Å². The highest BCUT2D eigenvalue weighted by atomic mass is 32.2. The van der Waals surface area contributed by atoms with Gasteiger partial charge in [-0.25, -0.2) is 4.98 Å². The third-order valence-electron chi connectivity index (χ3n) is 3.98. The van der Waals surface area contributed by atoms with Crippen molar-refractivity contribution in [2.24, 2.45) is 0 Å². The van der Waals surface area contributed by atoms with E-state index in [1.807, 2.05) is 24.3 Å². The Bertz CT molecular complexity index is 930. The number of methoxy groups -OCH3 is 2. The first-order valence-electron chi connectivity index (χ1n) is 9.01. The van der Waals surface area contributed by atoms with Gasteiger partial charge in [-0.15, -0.1) is 11.8 Å². The molecule has 1 heterocycles. The molecule has 2 aromatic carbocycles. The molecule has 0 aliphatic carbocycles. The van der Waals surface area contributed by atoms with Crippen LogP contribution in [-0.2, 0) is 4.79 Å². The lowest BCUT2D eigenvalue weighted by Gasteiger charge is -2.11. The Kier molecular flexibility index (Phi) is 7.35. The molecule has 0 aliphatic heterocycles. The average molecular weight is 410 g/mol. The molecule has 0 unspecified atom stereocenters. The van der Waals surface area contributed by atoms with Crippen molar-refractivity contribution in [2.75, 3.05) is 25.3 Å². The molecule has 0 radical (unpaired) electrons. The second-order valence-electron chi connectivity index (χ2n) is 5.96. The number of ether oxygens (including phenoxy) is 3. The molecule has 0 bridgehead atoms. The average Bonchev–Trinajstić information content (AvgIpc) is 2.76. The lowest BCUT2D eigenvalue weighted by molar-refractivity contribution is -0.115. The first kappa shape index (κ1) is 20.5. The quantitative estimate of drug-likeness (QED) is 0.500. The number of rotatable bonds is 9. The fraction of sp³-hybridized carbons (Fsp3) is 0.182. The number of nitrogens with zero attached hydrogens (tertiary/aromatic N) is 1. The van der Waals surface area contributed by atoms with Gasteiger partial charge in [0, 0.05) is 23.3 Å². The minimum Gasteiger partial charge on any atom is -0.497 e. The number of hydrogen-bond acceptors (Lipinski definition) is 6. The van der Waals surface area contributed by atoms with Gasteiger partial charge in [0.2, 0.25) is 11.8 Å². The number of nitrogens with one attached hydrogen (secondary N) is 1. The Balaban J connectivity index is 1.54. The Labute approximate surface area is 174 Å². The molecule has 7 heteroatoms. The molecule has 1 N–H and O–H groups in total. The van der Waals surface area contributed by atoms with E-state index in [2.05, 4.69) is 10.3 Å². The summed E-state index contributed by atoms with van der Waals surface area (Å²) in [6, 6.07) is 18.4. The van der Waals surface area contributed by atoms with Crippen LogP contribution in [0.1, 0.15) is 6.42 Å². The van der Waals surface area contributed by atoms with E-state index in [-0.39, 0.29) is 5.91 Å². The molecule has 3 rings (SSSR count). The summed E-state index contributed by atoms with van der Waals surface area (Å²) in [6.45, 7) is 0. The maximum Gasteiger partial charge on any atom is 0.243 e. The van der Waals surface area contributed by atoms with Crippen molar-refractivity contribution in [3.05, 3.63) is 66.9 Å². The number of pyridine rings is 1. The third-order valence-corrected chi connectivity index (χ3v) is 4.99. The van der Waals surface area contributed by atoms with Gasteiger partial charge in [-0.3, -0.25) is 4.79 Å². The fourth-order valence-corrected chi connectivity index (χ4v) is 3.32. The number of carbonyl (C=O) groups excluding carboxylic acids is 1. The molecule has 0 aliphatic rings. The van der Waals surface area contributed by atoms with Gasteiger partial charge in [0.15, 0.2) is 0 Å². The highest BCUT2D eigenvalue weighted by molar-refractivity contribution is 7.99. The Hall–Kier alpha value is -3.19. The summed E-state index contributed by atoms with van der Waals surface area (Å²) in [5.41, 5.74) is 0.530. The summed E-state index contributed by atoms with van der Waals surface area (Å²) in [4.78, 5) is 17.7. The van der Waals surface area contributed by atoms with Crippen LogP contribution in [0.3, 0.4) is 0 Å².